The monoisotopic (exact) mass is 337 g/mol. The fraction of sp³-hybridized carbons (Fsp3) is 0.182. The number of halogens is 4. The second-order valence-corrected chi connectivity index (χ2v) is 5.43. The lowest BCUT2D eigenvalue weighted by atomic mass is 10.2. The van der Waals surface area contributed by atoms with E-state index in [9.17, 15) is 18.0 Å². The van der Waals surface area contributed by atoms with Gasteiger partial charge in [0.15, 0.2) is 0 Å². The van der Waals surface area contributed by atoms with Gasteiger partial charge in [-0.25, -0.2) is 0 Å². The molecular weight excluding hydrogens is 331 g/mol. The topological polar surface area (TPSA) is 22.0 Å². The molecule has 0 spiro atoms. The van der Waals surface area contributed by atoms with Crippen molar-refractivity contribution in [1.29, 1.82) is 0 Å². The number of pyridine rings is 1. The molecule has 0 saturated heterocycles. The van der Waals surface area contributed by atoms with Gasteiger partial charge in [0.05, 0.1) is 12.1 Å². The van der Waals surface area contributed by atoms with Gasteiger partial charge in [-0.1, -0.05) is 0 Å². The van der Waals surface area contributed by atoms with Crippen LogP contribution in [0.3, 0.4) is 0 Å². The van der Waals surface area contributed by atoms with Gasteiger partial charge in [0.1, 0.15) is 0 Å². The van der Waals surface area contributed by atoms with Gasteiger partial charge in [-0.15, -0.1) is 11.3 Å². The molecule has 0 aliphatic carbocycles. The van der Waals surface area contributed by atoms with Crippen LogP contribution in [0.2, 0.25) is 0 Å². The largest absolute Gasteiger partial charge is 0.417 e. The Bertz CT molecular complexity index is 617. The number of hydrogen-bond acceptors (Lipinski definition) is 2. The zero-order valence-corrected chi connectivity index (χ0v) is 11.3. The van der Waals surface area contributed by atoms with Gasteiger partial charge in [-0.05, 0) is 33.4 Å². The predicted molar refractivity (Wildman–Crippen MR) is 66.8 cm³/mol. The van der Waals surface area contributed by atoms with Crippen LogP contribution in [-0.2, 0) is 12.7 Å². The molecule has 0 atom stereocenters. The van der Waals surface area contributed by atoms with E-state index in [2.05, 4.69) is 15.9 Å². The Hall–Kier alpha value is -1.08. The van der Waals surface area contributed by atoms with Crippen LogP contribution in [0.15, 0.2) is 39.0 Å². The standard InChI is InChI=1S/C11H7BrF3NOS/c12-8-3-4-18-9(8)6-16-5-7(11(13,14)15)1-2-10(16)17/h1-5H,6H2. The van der Waals surface area contributed by atoms with Crippen LogP contribution in [0.25, 0.3) is 0 Å². The molecule has 0 aliphatic rings. The molecule has 0 radical (unpaired) electrons. The number of nitrogens with zero attached hydrogens (tertiary/aromatic N) is 1. The van der Waals surface area contributed by atoms with Crippen molar-refractivity contribution in [3.05, 3.63) is 55.0 Å². The van der Waals surface area contributed by atoms with E-state index < -0.39 is 17.3 Å². The first kappa shape index (κ1) is 13.4. The summed E-state index contributed by atoms with van der Waals surface area (Å²) in [4.78, 5) is 12.3. The third kappa shape index (κ3) is 2.84. The average molecular weight is 338 g/mol. The Labute approximate surface area is 113 Å². The van der Waals surface area contributed by atoms with Crippen LogP contribution in [-0.4, -0.2) is 4.57 Å². The molecule has 2 aromatic rings. The van der Waals surface area contributed by atoms with E-state index >= 15 is 0 Å². The molecule has 96 valence electrons. The molecule has 2 rings (SSSR count). The fourth-order valence-corrected chi connectivity index (χ4v) is 2.89. The van der Waals surface area contributed by atoms with Crippen molar-refractivity contribution in [2.75, 3.05) is 0 Å². The highest BCUT2D eigenvalue weighted by molar-refractivity contribution is 9.10. The molecule has 0 saturated carbocycles. The number of aromatic nitrogens is 1. The highest BCUT2D eigenvalue weighted by atomic mass is 79.9. The SMILES string of the molecule is O=c1ccc(C(F)(F)F)cn1Cc1sccc1Br. The first-order valence-corrected chi connectivity index (χ1v) is 6.55. The van der Waals surface area contributed by atoms with Gasteiger partial charge in [0.2, 0.25) is 0 Å². The van der Waals surface area contributed by atoms with Gasteiger partial charge in [-0.2, -0.15) is 13.2 Å². The van der Waals surface area contributed by atoms with Crippen LogP contribution in [0, 0.1) is 0 Å². The Morgan fingerprint density at radius 3 is 2.56 bits per heavy atom. The summed E-state index contributed by atoms with van der Waals surface area (Å²) in [6.07, 6.45) is -3.60. The maximum Gasteiger partial charge on any atom is 0.417 e. The summed E-state index contributed by atoms with van der Waals surface area (Å²) >= 11 is 4.66. The molecule has 0 unspecified atom stereocenters. The summed E-state index contributed by atoms with van der Waals surface area (Å²) in [5.74, 6) is 0. The van der Waals surface area contributed by atoms with E-state index in [0.29, 0.717) is 0 Å². The minimum atomic E-state index is -4.44. The molecule has 2 nitrogen and oxygen atoms in total. The van der Waals surface area contributed by atoms with Gasteiger partial charge in [0, 0.05) is 21.6 Å². The van der Waals surface area contributed by atoms with E-state index in [0.717, 1.165) is 32.2 Å². The zero-order valence-electron chi connectivity index (χ0n) is 8.87. The molecule has 0 fully saturated rings. The van der Waals surface area contributed by atoms with Crippen LogP contribution in [0.4, 0.5) is 13.2 Å². The van der Waals surface area contributed by atoms with E-state index in [1.54, 1.807) is 11.4 Å². The number of rotatable bonds is 2. The third-order valence-electron chi connectivity index (χ3n) is 2.32. The Morgan fingerprint density at radius 2 is 2.00 bits per heavy atom. The van der Waals surface area contributed by atoms with Crippen molar-refractivity contribution in [2.24, 2.45) is 0 Å². The first-order valence-electron chi connectivity index (χ1n) is 4.87. The molecule has 0 amide bonds. The summed E-state index contributed by atoms with van der Waals surface area (Å²) in [5, 5.41) is 1.80. The maximum absolute atomic E-state index is 12.5. The lowest BCUT2D eigenvalue weighted by Gasteiger charge is -2.10. The normalized spacial score (nSPS) is 11.8. The summed E-state index contributed by atoms with van der Waals surface area (Å²) < 4.78 is 39.5. The maximum atomic E-state index is 12.5. The lowest BCUT2D eigenvalue weighted by molar-refractivity contribution is -0.138. The molecule has 0 N–H and O–H groups in total. The first-order chi connectivity index (χ1) is 8.38. The van der Waals surface area contributed by atoms with E-state index in [1.807, 2.05) is 0 Å². The van der Waals surface area contributed by atoms with Crippen molar-refractivity contribution in [2.45, 2.75) is 12.7 Å². The molecule has 0 aromatic carbocycles. The summed E-state index contributed by atoms with van der Waals surface area (Å²) in [6, 6.07) is 3.52. The van der Waals surface area contributed by atoms with E-state index in [4.69, 9.17) is 0 Å². The smallest absolute Gasteiger partial charge is 0.310 e. The quantitative estimate of drug-likeness (QED) is 0.818. The highest BCUT2D eigenvalue weighted by Gasteiger charge is 2.31. The fourth-order valence-electron chi connectivity index (χ4n) is 1.42. The van der Waals surface area contributed by atoms with Gasteiger partial charge in [0.25, 0.3) is 5.56 Å². The van der Waals surface area contributed by atoms with Crippen LogP contribution < -0.4 is 5.56 Å². The van der Waals surface area contributed by atoms with Crippen molar-refractivity contribution in [3.63, 3.8) is 0 Å². The number of thiophene rings is 1. The van der Waals surface area contributed by atoms with Gasteiger partial charge >= 0.3 is 6.18 Å². The minimum Gasteiger partial charge on any atom is -0.310 e. The summed E-state index contributed by atoms with van der Waals surface area (Å²) in [6.45, 7) is 0.126. The van der Waals surface area contributed by atoms with Crippen molar-refractivity contribution < 1.29 is 13.2 Å². The third-order valence-corrected chi connectivity index (χ3v) is 4.23. The molecular formula is C11H7BrF3NOS. The number of alkyl halides is 3. The summed E-state index contributed by atoms with van der Waals surface area (Å²) in [5.41, 5.74) is -1.28. The Balaban J connectivity index is 2.39. The Morgan fingerprint density at radius 1 is 1.28 bits per heavy atom. The van der Waals surface area contributed by atoms with Gasteiger partial charge < -0.3 is 4.57 Å². The van der Waals surface area contributed by atoms with Crippen molar-refractivity contribution in [3.8, 4) is 0 Å². The molecule has 0 bridgehead atoms. The van der Waals surface area contributed by atoms with Crippen molar-refractivity contribution in [1.82, 2.24) is 4.57 Å². The molecule has 2 heterocycles. The molecule has 7 heteroatoms. The summed E-state index contributed by atoms with van der Waals surface area (Å²) in [7, 11) is 0. The Kier molecular flexibility index (Phi) is 3.63. The van der Waals surface area contributed by atoms with Gasteiger partial charge in [-0.3, -0.25) is 4.79 Å². The van der Waals surface area contributed by atoms with Crippen LogP contribution in [0.5, 0.6) is 0 Å². The second kappa shape index (κ2) is 4.89. The number of hydrogen-bond donors (Lipinski definition) is 0. The van der Waals surface area contributed by atoms with E-state index in [-0.39, 0.29) is 6.54 Å². The average Bonchev–Trinajstić information content (AvgIpc) is 2.66. The predicted octanol–water partition coefficient (Wildman–Crippen LogP) is 3.74. The van der Waals surface area contributed by atoms with E-state index in [1.165, 1.54) is 11.3 Å². The van der Waals surface area contributed by atoms with Crippen molar-refractivity contribution >= 4 is 27.3 Å². The highest BCUT2D eigenvalue weighted by Crippen LogP contribution is 2.28. The molecule has 2 aromatic heterocycles. The molecule has 18 heavy (non-hydrogen) atoms. The van der Waals surface area contributed by atoms with Crippen LogP contribution >= 0.6 is 27.3 Å². The van der Waals surface area contributed by atoms with Crippen LogP contribution in [0.1, 0.15) is 10.4 Å². The zero-order chi connectivity index (χ0) is 13.3. The minimum absolute atomic E-state index is 0.126. The second-order valence-electron chi connectivity index (χ2n) is 3.57. The molecule has 0 aliphatic heterocycles. The lowest BCUT2D eigenvalue weighted by Crippen LogP contribution is -2.21.